The number of rotatable bonds is 2. The fourth-order valence-corrected chi connectivity index (χ4v) is 1.94. The van der Waals surface area contributed by atoms with Crippen molar-refractivity contribution in [2.24, 2.45) is 0 Å². The van der Waals surface area contributed by atoms with Crippen molar-refractivity contribution >= 4 is 11.7 Å². The molecule has 1 heterocycles. The van der Waals surface area contributed by atoms with E-state index in [1.54, 1.807) is 7.05 Å². The number of nitrogens with zero attached hydrogens (tertiary/aromatic N) is 1. The van der Waals surface area contributed by atoms with Gasteiger partial charge in [0.2, 0.25) is 0 Å². The number of likely N-dealkylation sites (N-methyl/N-ethyl adjacent to an activating group) is 1. The monoisotopic (exact) mass is 253 g/mol. The normalized spacial score (nSPS) is 22.8. The van der Waals surface area contributed by atoms with Crippen molar-refractivity contribution in [1.29, 1.82) is 0 Å². The van der Waals surface area contributed by atoms with Gasteiger partial charge in [-0.25, -0.2) is 9.18 Å². The average molecular weight is 253 g/mol. The molecule has 0 aromatic heterocycles. The Bertz CT molecular complexity index is 424. The van der Waals surface area contributed by atoms with Gasteiger partial charge in [0.1, 0.15) is 5.82 Å². The molecule has 0 unspecified atom stereocenters. The Morgan fingerprint density at radius 3 is 2.67 bits per heavy atom. The first-order valence-corrected chi connectivity index (χ1v) is 5.76. The summed E-state index contributed by atoms with van der Waals surface area (Å²) in [7, 11) is 1.62. The Hall–Kier alpha value is -1.66. The number of β-amino-alcohol motifs (C(OH)–C–C–N with tert-alkyl or cyclic N) is 1. The molecule has 2 amide bonds. The van der Waals surface area contributed by atoms with Crippen LogP contribution in [0.1, 0.15) is 0 Å². The van der Waals surface area contributed by atoms with Crippen LogP contribution in [0.25, 0.3) is 0 Å². The van der Waals surface area contributed by atoms with Crippen molar-refractivity contribution in [2.45, 2.75) is 12.1 Å². The molecule has 3 N–H and O–H groups in total. The number of nitrogens with one attached hydrogen (secondary N) is 2. The van der Waals surface area contributed by atoms with Crippen molar-refractivity contribution in [2.75, 3.05) is 25.5 Å². The van der Waals surface area contributed by atoms with Crippen LogP contribution in [0.4, 0.5) is 14.9 Å². The number of urea groups is 1. The molecule has 6 heteroatoms. The van der Waals surface area contributed by atoms with Crippen LogP contribution in [-0.2, 0) is 0 Å². The second kappa shape index (κ2) is 5.32. The number of aliphatic hydroxyl groups excluding tert-OH is 1. The minimum atomic E-state index is -0.561. The fourth-order valence-electron chi connectivity index (χ4n) is 1.94. The smallest absolute Gasteiger partial charge is 0.321 e. The van der Waals surface area contributed by atoms with Gasteiger partial charge in [0, 0.05) is 25.8 Å². The molecule has 1 fully saturated rings. The van der Waals surface area contributed by atoms with Crippen molar-refractivity contribution in [3.05, 3.63) is 30.1 Å². The van der Waals surface area contributed by atoms with E-state index in [-0.39, 0.29) is 17.9 Å². The summed E-state index contributed by atoms with van der Waals surface area (Å²) in [5, 5.41) is 15.3. The molecule has 1 aromatic carbocycles. The van der Waals surface area contributed by atoms with Gasteiger partial charge >= 0.3 is 6.03 Å². The van der Waals surface area contributed by atoms with Crippen molar-refractivity contribution in [3.63, 3.8) is 0 Å². The number of amides is 2. The summed E-state index contributed by atoms with van der Waals surface area (Å²) in [5.41, 5.74) is 0.522. The van der Waals surface area contributed by atoms with Gasteiger partial charge in [0.15, 0.2) is 0 Å². The second-order valence-electron chi connectivity index (χ2n) is 4.34. The molecule has 1 aliphatic rings. The molecule has 18 heavy (non-hydrogen) atoms. The molecule has 0 radical (unpaired) electrons. The molecule has 1 saturated heterocycles. The maximum atomic E-state index is 12.7. The summed E-state index contributed by atoms with van der Waals surface area (Å²) >= 11 is 0. The summed E-state index contributed by atoms with van der Waals surface area (Å²) in [5.74, 6) is -0.350. The summed E-state index contributed by atoms with van der Waals surface area (Å²) in [6.45, 7) is 1.05. The lowest BCUT2D eigenvalue weighted by Gasteiger charge is -2.26. The fraction of sp³-hybridized carbons (Fsp3) is 0.417. The molecule has 2 rings (SSSR count). The van der Waals surface area contributed by atoms with Crippen molar-refractivity contribution in [3.8, 4) is 0 Å². The topological polar surface area (TPSA) is 64.6 Å². The predicted octanol–water partition coefficient (Wildman–Crippen LogP) is 0.622. The molecule has 0 bridgehead atoms. The Labute approximate surface area is 105 Å². The molecular weight excluding hydrogens is 237 g/mol. The van der Waals surface area contributed by atoms with E-state index in [0.717, 1.165) is 0 Å². The highest BCUT2D eigenvalue weighted by molar-refractivity contribution is 5.89. The van der Waals surface area contributed by atoms with Gasteiger partial charge in [0.05, 0.1) is 12.1 Å². The zero-order chi connectivity index (χ0) is 13.1. The van der Waals surface area contributed by atoms with Crippen LogP contribution in [0.15, 0.2) is 24.3 Å². The van der Waals surface area contributed by atoms with Gasteiger partial charge < -0.3 is 20.6 Å². The summed E-state index contributed by atoms with van der Waals surface area (Å²) < 4.78 is 12.7. The Morgan fingerprint density at radius 2 is 2.11 bits per heavy atom. The predicted molar refractivity (Wildman–Crippen MR) is 65.8 cm³/mol. The number of aliphatic hydroxyl groups is 1. The van der Waals surface area contributed by atoms with Gasteiger partial charge in [-0.3, -0.25) is 0 Å². The van der Waals surface area contributed by atoms with E-state index in [2.05, 4.69) is 10.6 Å². The van der Waals surface area contributed by atoms with Crippen LogP contribution in [0.5, 0.6) is 0 Å². The van der Waals surface area contributed by atoms with Crippen LogP contribution < -0.4 is 10.6 Å². The molecule has 0 aliphatic carbocycles. The molecule has 98 valence electrons. The minimum Gasteiger partial charge on any atom is -0.390 e. The molecule has 1 aromatic rings. The van der Waals surface area contributed by atoms with Gasteiger partial charge in [-0.05, 0) is 24.3 Å². The van der Waals surface area contributed by atoms with E-state index in [0.29, 0.717) is 18.8 Å². The largest absolute Gasteiger partial charge is 0.390 e. The number of hydrogen-bond acceptors (Lipinski definition) is 3. The molecule has 5 nitrogen and oxygen atoms in total. The number of carbonyl (C=O) groups excluding carboxylic acids is 1. The third kappa shape index (κ3) is 2.77. The van der Waals surface area contributed by atoms with E-state index >= 15 is 0 Å². The molecule has 0 saturated carbocycles. The maximum Gasteiger partial charge on any atom is 0.321 e. The molecule has 0 spiro atoms. The number of anilines is 1. The van der Waals surface area contributed by atoms with E-state index in [9.17, 15) is 14.3 Å². The molecule has 2 atom stereocenters. The van der Waals surface area contributed by atoms with Crippen LogP contribution in [0.3, 0.4) is 0 Å². The van der Waals surface area contributed by atoms with Gasteiger partial charge in [0.25, 0.3) is 0 Å². The SMILES string of the molecule is CN(C(=O)Nc1ccc(F)cc1)[C@H]1CNC[C@@H]1O. The highest BCUT2D eigenvalue weighted by atomic mass is 19.1. The number of benzene rings is 1. The third-order valence-electron chi connectivity index (χ3n) is 3.06. The van der Waals surface area contributed by atoms with E-state index in [1.165, 1.54) is 29.2 Å². The maximum absolute atomic E-state index is 12.7. The van der Waals surface area contributed by atoms with Gasteiger partial charge in [-0.1, -0.05) is 0 Å². The quantitative estimate of drug-likeness (QED) is 0.724. The van der Waals surface area contributed by atoms with Crippen LogP contribution in [0.2, 0.25) is 0 Å². The van der Waals surface area contributed by atoms with Crippen LogP contribution >= 0.6 is 0 Å². The van der Waals surface area contributed by atoms with E-state index in [1.807, 2.05) is 0 Å². The first-order valence-electron chi connectivity index (χ1n) is 5.76. The average Bonchev–Trinajstić information content (AvgIpc) is 2.77. The first-order chi connectivity index (χ1) is 8.58. The van der Waals surface area contributed by atoms with Gasteiger partial charge in [-0.2, -0.15) is 0 Å². The molecule has 1 aliphatic heterocycles. The standard InChI is InChI=1S/C12H16FN3O2/c1-16(10-6-14-7-11(10)17)12(18)15-9-4-2-8(13)3-5-9/h2-5,10-11,14,17H,6-7H2,1H3,(H,15,18)/t10-,11-/m0/s1. The Morgan fingerprint density at radius 1 is 1.44 bits per heavy atom. The minimum absolute atomic E-state index is 0.245. The van der Waals surface area contributed by atoms with Gasteiger partial charge in [-0.15, -0.1) is 0 Å². The first kappa shape index (κ1) is 12.8. The lowest BCUT2D eigenvalue weighted by atomic mass is 10.2. The number of halogens is 1. The number of hydrogen-bond donors (Lipinski definition) is 3. The third-order valence-corrected chi connectivity index (χ3v) is 3.06. The van der Waals surface area contributed by atoms with E-state index < -0.39 is 6.10 Å². The highest BCUT2D eigenvalue weighted by Crippen LogP contribution is 2.12. The summed E-state index contributed by atoms with van der Waals surface area (Å²) in [4.78, 5) is 13.4. The number of carbonyl (C=O) groups is 1. The zero-order valence-electron chi connectivity index (χ0n) is 10.1. The van der Waals surface area contributed by atoms with Crippen molar-refractivity contribution < 1.29 is 14.3 Å². The second-order valence-corrected chi connectivity index (χ2v) is 4.34. The summed E-state index contributed by atoms with van der Waals surface area (Å²) in [6, 6.07) is 4.97. The van der Waals surface area contributed by atoms with E-state index in [4.69, 9.17) is 0 Å². The lowest BCUT2D eigenvalue weighted by molar-refractivity contribution is 0.115. The lowest BCUT2D eigenvalue weighted by Crippen LogP contribution is -2.46. The highest BCUT2D eigenvalue weighted by Gasteiger charge is 2.31. The molecular formula is C12H16FN3O2. The van der Waals surface area contributed by atoms with Crippen LogP contribution in [-0.4, -0.2) is 48.3 Å². The Balaban J connectivity index is 1.97. The zero-order valence-corrected chi connectivity index (χ0v) is 10.1. The van der Waals surface area contributed by atoms with Crippen LogP contribution in [0, 0.1) is 5.82 Å². The Kier molecular flexibility index (Phi) is 3.78. The summed E-state index contributed by atoms with van der Waals surface area (Å²) in [6.07, 6.45) is -0.561. The van der Waals surface area contributed by atoms with Crippen molar-refractivity contribution in [1.82, 2.24) is 10.2 Å².